The van der Waals surface area contributed by atoms with Crippen molar-refractivity contribution in [2.45, 2.75) is 19.9 Å². The summed E-state index contributed by atoms with van der Waals surface area (Å²) >= 11 is 0. The van der Waals surface area contributed by atoms with Gasteiger partial charge in [0.25, 0.3) is 5.91 Å². The lowest BCUT2D eigenvalue weighted by Gasteiger charge is -2.34. The number of aryl methyl sites for hydroxylation is 1. The van der Waals surface area contributed by atoms with Gasteiger partial charge in [0.15, 0.2) is 5.76 Å². The molecule has 4 rings (SSSR count). The van der Waals surface area contributed by atoms with Crippen molar-refractivity contribution >= 4 is 16.9 Å². The summed E-state index contributed by atoms with van der Waals surface area (Å²) in [5.74, 6) is 0.306. The van der Waals surface area contributed by atoms with Gasteiger partial charge in [0, 0.05) is 44.2 Å². The minimum atomic E-state index is -0.326. The Hall–Kier alpha value is -2.86. The molecule has 0 saturated carbocycles. The van der Waals surface area contributed by atoms with E-state index in [9.17, 15) is 9.59 Å². The predicted molar refractivity (Wildman–Crippen MR) is 102 cm³/mol. The van der Waals surface area contributed by atoms with Crippen molar-refractivity contribution in [1.29, 1.82) is 0 Å². The summed E-state index contributed by atoms with van der Waals surface area (Å²) in [6.07, 6.45) is 2.45. The molecule has 1 amide bonds. The van der Waals surface area contributed by atoms with Crippen molar-refractivity contribution in [3.63, 3.8) is 0 Å². The maximum atomic E-state index is 12.4. The number of carbonyl (C=O) groups excluding carboxylic acids is 1. The van der Waals surface area contributed by atoms with Gasteiger partial charge in [-0.1, -0.05) is 13.0 Å². The van der Waals surface area contributed by atoms with Crippen LogP contribution in [0.25, 0.3) is 11.0 Å². The average molecular weight is 366 g/mol. The van der Waals surface area contributed by atoms with E-state index in [2.05, 4.69) is 17.9 Å². The van der Waals surface area contributed by atoms with E-state index in [0.29, 0.717) is 31.0 Å². The lowest BCUT2D eigenvalue weighted by Crippen LogP contribution is -2.48. The molecule has 2 aromatic heterocycles. The molecular weight excluding hydrogens is 344 g/mol. The molecular formula is C21H22N2O4. The number of amides is 1. The molecule has 0 atom stereocenters. The van der Waals surface area contributed by atoms with Crippen LogP contribution in [-0.2, 0) is 13.0 Å². The summed E-state index contributed by atoms with van der Waals surface area (Å²) in [5, 5.41) is 0.989. The van der Waals surface area contributed by atoms with Gasteiger partial charge in [0.1, 0.15) is 5.58 Å². The smallest absolute Gasteiger partial charge is 0.336 e. The van der Waals surface area contributed by atoms with Crippen molar-refractivity contribution in [2.75, 3.05) is 26.2 Å². The van der Waals surface area contributed by atoms with Crippen LogP contribution in [-0.4, -0.2) is 41.9 Å². The number of hydrogen-bond acceptors (Lipinski definition) is 5. The molecule has 1 fully saturated rings. The molecule has 0 bridgehead atoms. The minimum Gasteiger partial charge on any atom is -0.459 e. The van der Waals surface area contributed by atoms with Crippen molar-refractivity contribution in [1.82, 2.24) is 9.80 Å². The summed E-state index contributed by atoms with van der Waals surface area (Å²) in [4.78, 5) is 28.4. The third kappa shape index (κ3) is 3.66. The highest BCUT2D eigenvalue weighted by atomic mass is 16.4. The maximum absolute atomic E-state index is 12.4. The van der Waals surface area contributed by atoms with Gasteiger partial charge >= 0.3 is 5.63 Å². The van der Waals surface area contributed by atoms with E-state index in [-0.39, 0.29) is 11.5 Å². The Labute approximate surface area is 157 Å². The SMILES string of the molecule is CCc1ccc2oc(=O)cc(CN3CCN(C(=O)c4ccco4)CC3)c2c1. The van der Waals surface area contributed by atoms with Crippen LogP contribution in [0.3, 0.4) is 0 Å². The fraction of sp³-hybridized carbons (Fsp3) is 0.333. The number of furan rings is 1. The van der Waals surface area contributed by atoms with Crippen molar-refractivity contribution in [3.8, 4) is 0 Å². The first kappa shape index (κ1) is 17.5. The van der Waals surface area contributed by atoms with E-state index in [4.69, 9.17) is 8.83 Å². The van der Waals surface area contributed by atoms with Crippen LogP contribution in [0, 0.1) is 0 Å². The zero-order valence-electron chi connectivity index (χ0n) is 15.3. The average Bonchev–Trinajstić information content (AvgIpc) is 3.22. The van der Waals surface area contributed by atoms with Crippen LogP contribution in [0.2, 0.25) is 0 Å². The molecule has 1 aliphatic rings. The van der Waals surface area contributed by atoms with E-state index < -0.39 is 0 Å². The number of piperazine rings is 1. The van der Waals surface area contributed by atoms with Gasteiger partial charge in [-0.3, -0.25) is 9.69 Å². The monoisotopic (exact) mass is 366 g/mol. The number of fused-ring (bicyclic) bond motifs is 1. The third-order valence-corrected chi connectivity index (χ3v) is 5.09. The van der Waals surface area contributed by atoms with Crippen molar-refractivity contribution in [3.05, 3.63) is 70.0 Å². The van der Waals surface area contributed by atoms with Gasteiger partial charge in [-0.05, 0) is 41.8 Å². The van der Waals surface area contributed by atoms with E-state index in [0.717, 1.165) is 30.5 Å². The first-order chi connectivity index (χ1) is 13.1. The van der Waals surface area contributed by atoms with Crippen molar-refractivity contribution in [2.24, 2.45) is 0 Å². The Balaban J connectivity index is 1.49. The molecule has 0 unspecified atom stereocenters. The van der Waals surface area contributed by atoms with Crippen LogP contribution in [0.4, 0.5) is 0 Å². The van der Waals surface area contributed by atoms with E-state index in [1.807, 2.05) is 17.0 Å². The molecule has 27 heavy (non-hydrogen) atoms. The summed E-state index contributed by atoms with van der Waals surface area (Å²) in [6.45, 7) is 5.55. The Morgan fingerprint density at radius 1 is 1.11 bits per heavy atom. The molecule has 0 radical (unpaired) electrons. The van der Waals surface area contributed by atoms with Crippen molar-refractivity contribution < 1.29 is 13.6 Å². The first-order valence-electron chi connectivity index (χ1n) is 9.25. The number of nitrogens with zero attached hydrogens (tertiary/aromatic N) is 2. The molecule has 140 valence electrons. The fourth-order valence-corrected chi connectivity index (χ4v) is 3.53. The quantitative estimate of drug-likeness (QED) is 0.664. The fourth-order valence-electron chi connectivity index (χ4n) is 3.53. The largest absolute Gasteiger partial charge is 0.459 e. The second-order valence-corrected chi connectivity index (χ2v) is 6.82. The topological polar surface area (TPSA) is 66.9 Å². The highest BCUT2D eigenvalue weighted by Gasteiger charge is 2.24. The zero-order chi connectivity index (χ0) is 18.8. The standard InChI is InChI=1S/C21H22N2O4/c1-2-15-5-6-18-17(12-15)16(13-20(24)27-18)14-22-7-9-23(10-8-22)21(25)19-4-3-11-26-19/h3-6,11-13H,2,7-10,14H2,1H3. The van der Waals surface area contributed by atoms with E-state index >= 15 is 0 Å². The Kier molecular flexibility index (Phi) is 4.81. The molecule has 3 aromatic rings. The molecule has 6 heteroatoms. The van der Waals surface area contributed by atoms with Crippen LogP contribution in [0.15, 0.2) is 56.3 Å². The van der Waals surface area contributed by atoms with Crippen LogP contribution >= 0.6 is 0 Å². The summed E-state index contributed by atoms with van der Waals surface area (Å²) in [7, 11) is 0. The summed E-state index contributed by atoms with van der Waals surface area (Å²) in [5.41, 5.74) is 2.49. The molecule has 1 aromatic carbocycles. The van der Waals surface area contributed by atoms with E-state index in [1.165, 1.54) is 11.8 Å². The van der Waals surface area contributed by atoms with Crippen LogP contribution in [0.5, 0.6) is 0 Å². The molecule has 0 N–H and O–H groups in total. The highest BCUT2D eigenvalue weighted by molar-refractivity contribution is 5.91. The third-order valence-electron chi connectivity index (χ3n) is 5.09. The normalized spacial score (nSPS) is 15.4. The maximum Gasteiger partial charge on any atom is 0.336 e. The van der Waals surface area contributed by atoms with Crippen LogP contribution < -0.4 is 5.63 Å². The van der Waals surface area contributed by atoms with Gasteiger partial charge in [-0.25, -0.2) is 4.79 Å². The van der Waals surface area contributed by atoms with Gasteiger partial charge < -0.3 is 13.7 Å². The van der Waals surface area contributed by atoms with Gasteiger partial charge in [-0.15, -0.1) is 0 Å². The Bertz CT molecular complexity index is 999. The first-order valence-corrected chi connectivity index (χ1v) is 9.25. The van der Waals surface area contributed by atoms with Gasteiger partial charge in [0.2, 0.25) is 0 Å². The lowest BCUT2D eigenvalue weighted by atomic mass is 10.0. The Morgan fingerprint density at radius 2 is 1.93 bits per heavy atom. The minimum absolute atomic E-state index is 0.0713. The number of carbonyl (C=O) groups is 1. The van der Waals surface area contributed by atoms with Crippen LogP contribution in [0.1, 0.15) is 28.6 Å². The Morgan fingerprint density at radius 3 is 2.63 bits per heavy atom. The molecule has 0 spiro atoms. The second kappa shape index (κ2) is 7.40. The van der Waals surface area contributed by atoms with Gasteiger partial charge in [-0.2, -0.15) is 0 Å². The number of hydrogen-bond donors (Lipinski definition) is 0. The molecule has 0 aliphatic carbocycles. The molecule has 1 aliphatic heterocycles. The summed E-state index contributed by atoms with van der Waals surface area (Å²) in [6, 6.07) is 11.0. The molecule has 1 saturated heterocycles. The zero-order valence-corrected chi connectivity index (χ0v) is 15.3. The second-order valence-electron chi connectivity index (χ2n) is 6.82. The molecule has 3 heterocycles. The number of rotatable bonds is 4. The number of benzene rings is 1. The predicted octanol–water partition coefficient (Wildman–Crippen LogP) is 2.91. The van der Waals surface area contributed by atoms with Gasteiger partial charge in [0.05, 0.1) is 6.26 Å². The lowest BCUT2D eigenvalue weighted by molar-refractivity contribution is 0.0598. The highest BCUT2D eigenvalue weighted by Crippen LogP contribution is 2.21. The van der Waals surface area contributed by atoms with E-state index in [1.54, 1.807) is 18.2 Å². The molecule has 6 nitrogen and oxygen atoms in total. The summed E-state index contributed by atoms with van der Waals surface area (Å²) < 4.78 is 10.5.